The van der Waals surface area contributed by atoms with Crippen molar-refractivity contribution in [3.63, 3.8) is 0 Å². The van der Waals surface area contributed by atoms with E-state index in [1.54, 1.807) is 25.1 Å². The standard InChI is InChI=1S/C12H12N2O4/c1-7-11(16)13-10(15)6-14(7)9-5-3-2-4-8(9)12(17)18/h2-5,7H,6H2,1H3,(H,17,18)(H,13,15,16). The number of benzene rings is 1. The molecule has 18 heavy (non-hydrogen) atoms. The number of hydrogen-bond acceptors (Lipinski definition) is 4. The largest absolute Gasteiger partial charge is 0.478 e. The van der Waals surface area contributed by atoms with Crippen LogP contribution in [0.4, 0.5) is 5.69 Å². The number of imide groups is 1. The fraction of sp³-hybridized carbons (Fsp3) is 0.250. The highest BCUT2D eigenvalue weighted by atomic mass is 16.4. The van der Waals surface area contributed by atoms with Gasteiger partial charge in [-0.05, 0) is 19.1 Å². The molecule has 2 amide bonds. The van der Waals surface area contributed by atoms with Crippen LogP contribution in [0, 0.1) is 0 Å². The van der Waals surface area contributed by atoms with Crippen molar-refractivity contribution >= 4 is 23.5 Å². The van der Waals surface area contributed by atoms with Gasteiger partial charge in [-0.25, -0.2) is 4.79 Å². The number of carboxylic acid groups (broad SMARTS) is 1. The van der Waals surface area contributed by atoms with Crippen molar-refractivity contribution in [3.05, 3.63) is 29.8 Å². The van der Waals surface area contributed by atoms with Gasteiger partial charge in [0.05, 0.1) is 17.8 Å². The smallest absolute Gasteiger partial charge is 0.337 e. The molecule has 1 fully saturated rings. The van der Waals surface area contributed by atoms with Crippen LogP contribution >= 0.6 is 0 Å². The summed E-state index contributed by atoms with van der Waals surface area (Å²) >= 11 is 0. The lowest BCUT2D eigenvalue weighted by molar-refractivity contribution is -0.132. The summed E-state index contributed by atoms with van der Waals surface area (Å²) in [5.41, 5.74) is 0.451. The molecule has 0 radical (unpaired) electrons. The van der Waals surface area contributed by atoms with Crippen LogP contribution < -0.4 is 10.2 Å². The second-order valence-corrected chi connectivity index (χ2v) is 4.04. The average Bonchev–Trinajstić information content (AvgIpc) is 2.33. The van der Waals surface area contributed by atoms with E-state index in [1.807, 2.05) is 0 Å². The van der Waals surface area contributed by atoms with Crippen LogP contribution in [0.25, 0.3) is 0 Å². The Morgan fingerprint density at radius 2 is 2.06 bits per heavy atom. The molecule has 6 nitrogen and oxygen atoms in total. The number of hydrogen-bond donors (Lipinski definition) is 2. The number of aromatic carboxylic acids is 1. The molecule has 2 N–H and O–H groups in total. The molecule has 0 saturated carbocycles. The first-order valence-corrected chi connectivity index (χ1v) is 5.43. The summed E-state index contributed by atoms with van der Waals surface area (Å²) in [5, 5.41) is 11.3. The minimum atomic E-state index is -1.09. The Hall–Kier alpha value is -2.37. The van der Waals surface area contributed by atoms with Crippen molar-refractivity contribution in [3.8, 4) is 0 Å². The Bertz CT molecular complexity index is 527. The van der Waals surface area contributed by atoms with E-state index in [4.69, 9.17) is 5.11 Å². The van der Waals surface area contributed by atoms with E-state index in [1.165, 1.54) is 11.0 Å². The predicted octanol–water partition coefficient (Wildman–Crippen LogP) is 0.236. The monoisotopic (exact) mass is 248 g/mol. The highest BCUT2D eigenvalue weighted by molar-refractivity contribution is 6.06. The third kappa shape index (κ3) is 2.04. The zero-order chi connectivity index (χ0) is 13.3. The van der Waals surface area contributed by atoms with Crippen LogP contribution in [-0.4, -0.2) is 35.5 Å². The molecule has 1 aromatic rings. The number of amides is 2. The van der Waals surface area contributed by atoms with Crippen molar-refractivity contribution in [1.82, 2.24) is 5.32 Å². The third-order valence-corrected chi connectivity index (χ3v) is 2.87. The summed E-state index contributed by atoms with van der Waals surface area (Å²) in [6, 6.07) is 5.73. The summed E-state index contributed by atoms with van der Waals surface area (Å²) in [6.45, 7) is 1.59. The maximum atomic E-state index is 11.5. The maximum Gasteiger partial charge on any atom is 0.337 e. The fourth-order valence-corrected chi connectivity index (χ4v) is 1.91. The summed E-state index contributed by atoms with van der Waals surface area (Å²) in [6.07, 6.45) is 0. The molecule has 94 valence electrons. The summed E-state index contributed by atoms with van der Waals surface area (Å²) in [7, 11) is 0. The second-order valence-electron chi connectivity index (χ2n) is 4.04. The molecular weight excluding hydrogens is 236 g/mol. The molecule has 1 aliphatic rings. The van der Waals surface area contributed by atoms with Gasteiger partial charge in [0, 0.05) is 0 Å². The van der Waals surface area contributed by atoms with Gasteiger partial charge >= 0.3 is 5.97 Å². The van der Waals surface area contributed by atoms with E-state index in [0.29, 0.717) is 5.69 Å². The number of nitrogens with one attached hydrogen (secondary N) is 1. The lowest BCUT2D eigenvalue weighted by Crippen LogP contribution is -2.57. The molecule has 1 unspecified atom stereocenters. The SMILES string of the molecule is CC1C(=O)NC(=O)CN1c1ccccc1C(=O)O. The van der Waals surface area contributed by atoms with Crippen LogP contribution in [-0.2, 0) is 9.59 Å². The third-order valence-electron chi connectivity index (χ3n) is 2.87. The van der Waals surface area contributed by atoms with Crippen LogP contribution in [0.15, 0.2) is 24.3 Å². The molecule has 1 aliphatic heterocycles. The van der Waals surface area contributed by atoms with Gasteiger partial charge in [0.1, 0.15) is 6.04 Å². The average molecular weight is 248 g/mol. The van der Waals surface area contributed by atoms with Gasteiger partial charge in [0.2, 0.25) is 11.8 Å². The zero-order valence-electron chi connectivity index (χ0n) is 9.71. The van der Waals surface area contributed by atoms with Gasteiger partial charge in [0.25, 0.3) is 0 Å². The Morgan fingerprint density at radius 3 is 2.72 bits per heavy atom. The number of nitrogens with zero attached hydrogens (tertiary/aromatic N) is 1. The number of rotatable bonds is 2. The number of anilines is 1. The summed E-state index contributed by atoms with van der Waals surface area (Å²) in [4.78, 5) is 35.5. The first-order chi connectivity index (χ1) is 8.50. The Kier molecular flexibility index (Phi) is 3.01. The highest BCUT2D eigenvalue weighted by Crippen LogP contribution is 2.23. The maximum absolute atomic E-state index is 11.5. The van der Waals surface area contributed by atoms with E-state index in [2.05, 4.69) is 5.32 Å². The first kappa shape index (κ1) is 12.1. The molecule has 0 bridgehead atoms. The van der Waals surface area contributed by atoms with Gasteiger partial charge in [-0.3, -0.25) is 14.9 Å². The number of carbonyl (C=O) groups excluding carboxylic acids is 2. The van der Waals surface area contributed by atoms with Gasteiger partial charge in [-0.15, -0.1) is 0 Å². The van der Waals surface area contributed by atoms with Gasteiger partial charge in [-0.1, -0.05) is 12.1 Å². The normalized spacial score (nSPS) is 19.6. The zero-order valence-corrected chi connectivity index (χ0v) is 9.71. The van der Waals surface area contributed by atoms with Crippen molar-refractivity contribution in [2.45, 2.75) is 13.0 Å². The molecular formula is C12H12N2O4. The minimum absolute atomic E-state index is 0.0306. The van der Waals surface area contributed by atoms with Crippen molar-refractivity contribution in [2.24, 2.45) is 0 Å². The quantitative estimate of drug-likeness (QED) is 0.732. The number of carbonyl (C=O) groups is 3. The Labute approximate surface area is 103 Å². The Balaban J connectivity index is 2.44. The van der Waals surface area contributed by atoms with Gasteiger partial charge in [0.15, 0.2) is 0 Å². The molecule has 0 aliphatic carbocycles. The molecule has 1 aromatic carbocycles. The first-order valence-electron chi connectivity index (χ1n) is 5.43. The van der Waals surface area contributed by atoms with Crippen LogP contribution in [0.5, 0.6) is 0 Å². The summed E-state index contributed by atoms with van der Waals surface area (Å²) < 4.78 is 0. The lowest BCUT2D eigenvalue weighted by Gasteiger charge is -2.34. The van der Waals surface area contributed by atoms with E-state index < -0.39 is 23.8 Å². The number of piperazine rings is 1. The van der Waals surface area contributed by atoms with E-state index in [9.17, 15) is 14.4 Å². The van der Waals surface area contributed by atoms with Crippen LogP contribution in [0.2, 0.25) is 0 Å². The minimum Gasteiger partial charge on any atom is -0.478 e. The van der Waals surface area contributed by atoms with Crippen molar-refractivity contribution < 1.29 is 19.5 Å². The number of carboxylic acids is 1. The molecule has 0 aromatic heterocycles. The Morgan fingerprint density at radius 1 is 1.39 bits per heavy atom. The molecule has 1 atom stereocenters. The molecule has 0 spiro atoms. The molecule has 2 rings (SSSR count). The van der Waals surface area contributed by atoms with Crippen LogP contribution in [0.3, 0.4) is 0 Å². The molecule has 6 heteroatoms. The highest BCUT2D eigenvalue weighted by Gasteiger charge is 2.32. The number of para-hydroxylation sites is 1. The fourth-order valence-electron chi connectivity index (χ4n) is 1.91. The molecule has 1 heterocycles. The van der Waals surface area contributed by atoms with Gasteiger partial charge < -0.3 is 10.0 Å². The van der Waals surface area contributed by atoms with Crippen molar-refractivity contribution in [2.75, 3.05) is 11.4 Å². The second kappa shape index (κ2) is 4.48. The van der Waals surface area contributed by atoms with E-state index in [-0.39, 0.29) is 12.1 Å². The topological polar surface area (TPSA) is 86.7 Å². The van der Waals surface area contributed by atoms with E-state index in [0.717, 1.165) is 0 Å². The van der Waals surface area contributed by atoms with Gasteiger partial charge in [-0.2, -0.15) is 0 Å². The van der Waals surface area contributed by atoms with Crippen molar-refractivity contribution in [1.29, 1.82) is 0 Å². The lowest BCUT2D eigenvalue weighted by atomic mass is 10.1. The molecule has 1 saturated heterocycles. The van der Waals surface area contributed by atoms with E-state index >= 15 is 0 Å². The predicted molar refractivity (Wildman–Crippen MR) is 63.4 cm³/mol. The van der Waals surface area contributed by atoms with Crippen LogP contribution in [0.1, 0.15) is 17.3 Å². The summed E-state index contributed by atoms with van der Waals surface area (Å²) in [5.74, 6) is -1.94.